The average molecular weight is 302 g/mol. The van der Waals surface area contributed by atoms with Crippen molar-refractivity contribution in [1.82, 2.24) is 5.32 Å². The van der Waals surface area contributed by atoms with Crippen molar-refractivity contribution in [3.8, 4) is 5.75 Å². The van der Waals surface area contributed by atoms with E-state index in [9.17, 15) is 9.90 Å². The Morgan fingerprint density at radius 1 is 1.59 bits per heavy atom. The number of aliphatic hydroxyl groups excluding tert-OH is 1. The van der Waals surface area contributed by atoms with Crippen LogP contribution in [0.2, 0.25) is 0 Å². The van der Waals surface area contributed by atoms with Gasteiger partial charge in [0.25, 0.3) is 0 Å². The lowest BCUT2D eigenvalue weighted by molar-refractivity contribution is -0.121. The van der Waals surface area contributed by atoms with E-state index in [-0.39, 0.29) is 5.91 Å². The largest absolute Gasteiger partial charge is 0.496 e. The number of amides is 1. The number of rotatable bonds is 5. The minimum Gasteiger partial charge on any atom is -0.496 e. The third-order valence-corrected chi connectivity index (χ3v) is 3.10. The second-order valence-electron chi connectivity index (χ2n) is 3.62. The Morgan fingerprint density at radius 3 is 2.82 bits per heavy atom. The molecule has 0 bridgehead atoms. The highest BCUT2D eigenvalue weighted by Crippen LogP contribution is 2.29. The molecule has 1 aromatic carbocycles. The number of methoxy groups -OCH3 is 1. The van der Waals surface area contributed by atoms with E-state index in [1.165, 1.54) is 0 Å². The van der Waals surface area contributed by atoms with Crippen molar-refractivity contribution in [1.29, 1.82) is 0 Å². The van der Waals surface area contributed by atoms with Crippen LogP contribution >= 0.6 is 15.9 Å². The molecule has 1 unspecified atom stereocenters. The lowest BCUT2D eigenvalue weighted by Gasteiger charge is -2.12. The van der Waals surface area contributed by atoms with Crippen LogP contribution in [0, 0.1) is 0 Å². The molecule has 0 fully saturated rings. The first-order chi connectivity index (χ1) is 8.08. The van der Waals surface area contributed by atoms with E-state index in [0.717, 1.165) is 10.0 Å². The molecule has 0 heterocycles. The molecule has 0 aromatic heterocycles. The van der Waals surface area contributed by atoms with Crippen molar-refractivity contribution in [2.75, 3.05) is 14.2 Å². The number of halogens is 1. The summed E-state index contributed by atoms with van der Waals surface area (Å²) >= 11 is 3.35. The van der Waals surface area contributed by atoms with Crippen LogP contribution < -0.4 is 10.1 Å². The molecule has 0 aliphatic heterocycles. The van der Waals surface area contributed by atoms with Crippen molar-refractivity contribution in [3.05, 3.63) is 28.2 Å². The van der Waals surface area contributed by atoms with Crippen LogP contribution in [-0.2, 0) is 4.79 Å². The number of nitrogens with one attached hydrogen (secondary N) is 1. The summed E-state index contributed by atoms with van der Waals surface area (Å²) in [6.07, 6.45) is 0.0641. The molecule has 1 rings (SSSR count). The third-order valence-electron chi connectivity index (χ3n) is 2.48. The Labute approximate surface area is 109 Å². The van der Waals surface area contributed by atoms with E-state index in [0.29, 0.717) is 18.6 Å². The zero-order chi connectivity index (χ0) is 12.8. The van der Waals surface area contributed by atoms with Crippen LogP contribution in [-0.4, -0.2) is 25.2 Å². The van der Waals surface area contributed by atoms with Gasteiger partial charge in [-0.1, -0.05) is 6.07 Å². The summed E-state index contributed by atoms with van der Waals surface area (Å²) in [5.74, 6) is 0.642. The SMILES string of the molecule is CNC(=O)CCC(O)c1ccc(OC)c(Br)c1. The number of aliphatic hydroxyl groups is 1. The van der Waals surface area contributed by atoms with Gasteiger partial charge in [-0.15, -0.1) is 0 Å². The van der Waals surface area contributed by atoms with E-state index in [2.05, 4.69) is 21.2 Å². The van der Waals surface area contributed by atoms with Gasteiger partial charge in [-0.25, -0.2) is 0 Å². The summed E-state index contributed by atoms with van der Waals surface area (Å²) in [6.45, 7) is 0. The molecule has 0 saturated carbocycles. The van der Waals surface area contributed by atoms with Gasteiger partial charge in [0.15, 0.2) is 0 Å². The molecule has 4 nitrogen and oxygen atoms in total. The molecule has 2 N–H and O–H groups in total. The van der Waals surface area contributed by atoms with Crippen molar-refractivity contribution in [3.63, 3.8) is 0 Å². The Morgan fingerprint density at radius 2 is 2.29 bits per heavy atom. The van der Waals surface area contributed by atoms with E-state index in [1.54, 1.807) is 32.4 Å². The van der Waals surface area contributed by atoms with Gasteiger partial charge in [-0.3, -0.25) is 4.79 Å². The zero-order valence-electron chi connectivity index (χ0n) is 9.87. The first-order valence-electron chi connectivity index (χ1n) is 5.30. The molecular weight excluding hydrogens is 286 g/mol. The second-order valence-corrected chi connectivity index (χ2v) is 4.48. The molecule has 0 aliphatic rings. The van der Waals surface area contributed by atoms with Crippen LogP contribution in [0.5, 0.6) is 5.75 Å². The van der Waals surface area contributed by atoms with Crippen LogP contribution in [0.3, 0.4) is 0 Å². The van der Waals surface area contributed by atoms with Crippen molar-refractivity contribution in [2.45, 2.75) is 18.9 Å². The summed E-state index contributed by atoms with van der Waals surface area (Å²) in [5, 5.41) is 12.4. The second kappa shape index (κ2) is 6.61. The fourth-order valence-corrected chi connectivity index (χ4v) is 2.01. The Hall–Kier alpha value is -1.07. The third kappa shape index (κ3) is 4.02. The number of carbonyl (C=O) groups is 1. The molecule has 1 atom stereocenters. The predicted octanol–water partition coefficient (Wildman–Crippen LogP) is 2.02. The van der Waals surface area contributed by atoms with Gasteiger partial charge in [0.2, 0.25) is 5.91 Å². The molecule has 0 spiro atoms. The highest BCUT2D eigenvalue weighted by Gasteiger charge is 2.11. The van der Waals surface area contributed by atoms with Crippen LogP contribution in [0.15, 0.2) is 22.7 Å². The standard InChI is InChI=1S/C12H16BrNO3/c1-14-12(16)6-4-10(15)8-3-5-11(17-2)9(13)7-8/h3,5,7,10,15H,4,6H2,1-2H3,(H,14,16). The highest BCUT2D eigenvalue weighted by atomic mass is 79.9. The Bertz CT molecular complexity index is 395. The quantitative estimate of drug-likeness (QED) is 0.875. The van der Waals surface area contributed by atoms with Crippen molar-refractivity contribution in [2.24, 2.45) is 0 Å². The number of benzene rings is 1. The van der Waals surface area contributed by atoms with E-state index < -0.39 is 6.10 Å². The van der Waals surface area contributed by atoms with Gasteiger partial charge < -0.3 is 15.2 Å². The summed E-state index contributed by atoms with van der Waals surface area (Å²) < 4.78 is 5.89. The van der Waals surface area contributed by atoms with E-state index >= 15 is 0 Å². The molecule has 17 heavy (non-hydrogen) atoms. The van der Waals surface area contributed by atoms with E-state index in [4.69, 9.17) is 4.74 Å². The lowest BCUT2D eigenvalue weighted by atomic mass is 10.0. The molecule has 0 radical (unpaired) electrons. The molecule has 5 heteroatoms. The summed E-state index contributed by atoms with van der Waals surface area (Å²) in [6, 6.07) is 5.37. The molecule has 0 saturated heterocycles. The number of carbonyl (C=O) groups excluding carboxylic acids is 1. The van der Waals surface area contributed by atoms with Gasteiger partial charge in [0.05, 0.1) is 17.7 Å². The topological polar surface area (TPSA) is 58.6 Å². The minimum atomic E-state index is -0.644. The smallest absolute Gasteiger partial charge is 0.219 e. The summed E-state index contributed by atoms with van der Waals surface area (Å²) in [5.41, 5.74) is 0.765. The summed E-state index contributed by atoms with van der Waals surface area (Å²) in [4.78, 5) is 11.1. The van der Waals surface area contributed by atoms with Gasteiger partial charge >= 0.3 is 0 Å². The molecular formula is C12H16BrNO3. The van der Waals surface area contributed by atoms with Gasteiger partial charge in [0.1, 0.15) is 5.75 Å². The normalized spacial score (nSPS) is 12.0. The maximum absolute atomic E-state index is 11.1. The van der Waals surface area contributed by atoms with Gasteiger partial charge in [-0.2, -0.15) is 0 Å². The molecule has 1 aromatic rings. The fraction of sp³-hybridized carbons (Fsp3) is 0.417. The fourth-order valence-electron chi connectivity index (χ4n) is 1.45. The van der Waals surface area contributed by atoms with Gasteiger partial charge in [0, 0.05) is 13.5 Å². The number of hydrogen-bond acceptors (Lipinski definition) is 3. The van der Waals surface area contributed by atoms with E-state index in [1.807, 2.05) is 0 Å². The maximum Gasteiger partial charge on any atom is 0.219 e. The Kier molecular flexibility index (Phi) is 5.44. The monoisotopic (exact) mass is 301 g/mol. The number of ether oxygens (including phenoxy) is 1. The average Bonchev–Trinajstić information content (AvgIpc) is 2.35. The van der Waals surface area contributed by atoms with Crippen molar-refractivity contribution >= 4 is 21.8 Å². The van der Waals surface area contributed by atoms with Crippen molar-refractivity contribution < 1.29 is 14.6 Å². The molecule has 0 aliphatic carbocycles. The maximum atomic E-state index is 11.1. The minimum absolute atomic E-state index is 0.0726. The Balaban J connectivity index is 2.66. The molecule has 1 amide bonds. The first kappa shape index (κ1) is 14.0. The van der Waals surface area contributed by atoms with Crippen LogP contribution in [0.4, 0.5) is 0 Å². The summed E-state index contributed by atoms with van der Waals surface area (Å²) in [7, 11) is 3.17. The lowest BCUT2D eigenvalue weighted by Crippen LogP contribution is -2.18. The first-order valence-corrected chi connectivity index (χ1v) is 6.10. The molecule has 94 valence electrons. The zero-order valence-corrected chi connectivity index (χ0v) is 11.5. The number of hydrogen-bond donors (Lipinski definition) is 2. The van der Waals surface area contributed by atoms with Gasteiger partial charge in [-0.05, 0) is 40.0 Å². The predicted molar refractivity (Wildman–Crippen MR) is 69.0 cm³/mol. The van der Waals surface area contributed by atoms with Crippen LogP contribution in [0.1, 0.15) is 24.5 Å². The van der Waals surface area contributed by atoms with Crippen LogP contribution in [0.25, 0.3) is 0 Å². The highest BCUT2D eigenvalue weighted by molar-refractivity contribution is 9.10.